The summed E-state index contributed by atoms with van der Waals surface area (Å²) in [6.07, 6.45) is 0.403. The lowest BCUT2D eigenvalue weighted by Gasteiger charge is -2.02. The maximum absolute atomic E-state index is 10.9. The van der Waals surface area contributed by atoms with E-state index in [-0.39, 0.29) is 5.97 Å². The maximum atomic E-state index is 10.9. The summed E-state index contributed by atoms with van der Waals surface area (Å²) in [7, 11) is 0. The molecule has 0 atom stereocenters. The molecule has 0 saturated heterocycles. The first-order valence-corrected chi connectivity index (χ1v) is 5.24. The zero-order valence-corrected chi connectivity index (χ0v) is 9.00. The molecule has 0 heterocycles. The topological polar surface area (TPSA) is 26.3 Å². The van der Waals surface area contributed by atoms with Crippen molar-refractivity contribution in [1.29, 1.82) is 0 Å². The predicted molar refractivity (Wildman–Crippen MR) is 55.0 cm³/mol. The van der Waals surface area contributed by atoms with Crippen LogP contribution in [-0.2, 0) is 10.1 Å². The summed E-state index contributed by atoms with van der Waals surface area (Å²) in [6.45, 7) is 1.77. The van der Waals surface area contributed by atoms with Crippen LogP contribution < -0.4 is 4.74 Å². The second-order valence-corrected chi connectivity index (χ2v) is 3.17. The number of esters is 1. The van der Waals surface area contributed by atoms with Crippen molar-refractivity contribution in [2.45, 2.75) is 18.7 Å². The molecule has 70 valence electrons. The van der Waals surface area contributed by atoms with Crippen molar-refractivity contribution in [3.63, 3.8) is 0 Å². The quantitative estimate of drug-likeness (QED) is 0.463. The van der Waals surface area contributed by atoms with Crippen LogP contribution in [0.5, 0.6) is 5.75 Å². The Bertz CT molecular complexity index is 279. The van der Waals surface area contributed by atoms with Gasteiger partial charge in [0.2, 0.25) is 0 Å². The summed E-state index contributed by atoms with van der Waals surface area (Å²) in [4.78, 5) is 10.9. The molecule has 1 aromatic carbocycles. The molecular weight excluding hydrogens is 232 g/mol. The van der Waals surface area contributed by atoms with Gasteiger partial charge in [-0.15, -0.1) is 0 Å². The van der Waals surface area contributed by atoms with Gasteiger partial charge in [-0.3, -0.25) is 4.79 Å². The van der Waals surface area contributed by atoms with Gasteiger partial charge in [-0.2, -0.15) is 0 Å². The summed E-state index contributed by atoms with van der Waals surface area (Å²) in [6, 6.07) is 7.44. The van der Waals surface area contributed by atoms with E-state index < -0.39 is 0 Å². The Labute approximate surface area is 86.0 Å². The summed E-state index contributed by atoms with van der Waals surface area (Å²) >= 11 is 3.34. The molecular formula is C10H11BrO2. The maximum Gasteiger partial charge on any atom is 0.310 e. The van der Waals surface area contributed by atoms with E-state index in [4.69, 9.17) is 4.74 Å². The number of alkyl halides is 1. The van der Waals surface area contributed by atoms with Crippen molar-refractivity contribution >= 4 is 21.9 Å². The molecule has 0 aliphatic carbocycles. The fourth-order valence-corrected chi connectivity index (χ4v) is 1.22. The van der Waals surface area contributed by atoms with E-state index >= 15 is 0 Å². The number of hydrogen-bond donors (Lipinski definition) is 0. The average Bonchev–Trinajstić information content (AvgIpc) is 2.19. The molecule has 0 unspecified atom stereocenters. The fourth-order valence-electron chi connectivity index (χ4n) is 0.850. The zero-order valence-electron chi connectivity index (χ0n) is 7.42. The van der Waals surface area contributed by atoms with Crippen LogP contribution in [0, 0.1) is 0 Å². The van der Waals surface area contributed by atoms with Crippen molar-refractivity contribution < 1.29 is 9.53 Å². The van der Waals surface area contributed by atoms with E-state index in [1.54, 1.807) is 19.1 Å². The predicted octanol–water partition coefficient (Wildman–Crippen LogP) is 2.90. The highest BCUT2D eigenvalue weighted by Gasteiger charge is 2.00. The van der Waals surface area contributed by atoms with Crippen molar-refractivity contribution in [2.75, 3.05) is 0 Å². The smallest absolute Gasteiger partial charge is 0.310 e. The van der Waals surface area contributed by atoms with Crippen LogP contribution >= 0.6 is 15.9 Å². The second kappa shape index (κ2) is 5.02. The standard InChI is InChI=1S/C10H11BrO2/c1-2-10(12)13-9-5-3-8(7-11)4-6-9/h3-6H,2,7H2,1H3. The van der Waals surface area contributed by atoms with Crippen molar-refractivity contribution in [3.05, 3.63) is 29.8 Å². The van der Waals surface area contributed by atoms with E-state index in [1.807, 2.05) is 12.1 Å². The van der Waals surface area contributed by atoms with Crippen LogP contribution in [0.15, 0.2) is 24.3 Å². The lowest BCUT2D eigenvalue weighted by molar-refractivity contribution is -0.134. The molecule has 0 saturated carbocycles. The molecule has 0 amide bonds. The largest absolute Gasteiger partial charge is 0.427 e. The normalized spacial score (nSPS) is 9.69. The van der Waals surface area contributed by atoms with E-state index in [2.05, 4.69) is 15.9 Å². The SMILES string of the molecule is CCC(=O)Oc1ccc(CBr)cc1. The number of halogens is 1. The Morgan fingerprint density at radius 2 is 2.00 bits per heavy atom. The van der Waals surface area contributed by atoms with Crippen molar-refractivity contribution in [1.82, 2.24) is 0 Å². The lowest BCUT2D eigenvalue weighted by Crippen LogP contribution is -2.05. The Hall–Kier alpha value is -0.830. The Kier molecular flexibility index (Phi) is 3.96. The summed E-state index contributed by atoms with van der Waals surface area (Å²) in [5, 5.41) is 0.814. The number of carbonyl (C=O) groups is 1. The minimum atomic E-state index is -0.202. The van der Waals surface area contributed by atoms with E-state index in [9.17, 15) is 4.79 Å². The number of benzene rings is 1. The van der Waals surface area contributed by atoms with Crippen LogP contribution in [0.4, 0.5) is 0 Å². The molecule has 0 spiro atoms. The Morgan fingerprint density at radius 1 is 1.38 bits per heavy atom. The highest BCUT2D eigenvalue weighted by atomic mass is 79.9. The average molecular weight is 243 g/mol. The Morgan fingerprint density at radius 3 is 2.46 bits per heavy atom. The third-order valence-corrected chi connectivity index (χ3v) is 2.25. The van der Waals surface area contributed by atoms with Crippen LogP contribution in [-0.4, -0.2) is 5.97 Å². The van der Waals surface area contributed by atoms with Gasteiger partial charge in [0.1, 0.15) is 5.75 Å². The van der Waals surface area contributed by atoms with Gasteiger partial charge in [0, 0.05) is 11.8 Å². The third-order valence-electron chi connectivity index (χ3n) is 1.60. The number of ether oxygens (including phenoxy) is 1. The highest BCUT2D eigenvalue weighted by Crippen LogP contribution is 2.14. The van der Waals surface area contributed by atoms with Gasteiger partial charge in [-0.1, -0.05) is 35.0 Å². The van der Waals surface area contributed by atoms with Crippen molar-refractivity contribution in [3.8, 4) is 5.75 Å². The van der Waals surface area contributed by atoms with Gasteiger partial charge in [0.25, 0.3) is 0 Å². The molecule has 0 bridgehead atoms. The van der Waals surface area contributed by atoms with Gasteiger partial charge in [0.15, 0.2) is 0 Å². The molecule has 1 rings (SSSR count). The molecule has 1 aromatic rings. The first kappa shape index (κ1) is 10.3. The number of hydrogen-bond acceptors (Lipinski definition) is 2. The van der Waals surface area contributed by atoms with Gasteiger partial charge in [-0.05, 0) is 17.7 Å². The summed E-state index contributed by atoms with van der Waals surface area (Å²) < 4.78 is 5.01. The third kappa shape index (κ3) is 3.19. The number of rotatable bonds is 3. The van der Waals surface area contributed by atoms with E-state index in [1.165, 1.54) is 0 Å². The second-order valence-electron chi connectivity index (χ2n) is 2.61. The van der Waals surface area contributed by atoms with Crippen LogP contribution in [0.2, 0.25) is 0 Å². The summed E-state index contributed by atoms with van der Waals surface area (Å²) in [5.74, 6) is 0.406. The molecule has 0 aliphatic rings. The first-order chi connectivity index (χ1) is 6.26. The van der Waals surface area contributed by atoms with Crippen LogP contribution in [0.3, 0.4) is 0 Å². The van der Waals surface area contributed by atoms with Crippen LogP contribution in [0.25, 0.3) is 0 Å². The molecule has 13 heavy (non-hydrogen) atoms. The highest BCUT2D eigenvalue weighted by molar-refractivity contribution is 9.08. The minimum Gasteiger partial charge on any atom is -0.427 e. The van der Waals surface area contributed by atoms with Crippen LogP contribution in [0.1, 0.15) is 18.9 Å². The van der Waals surface area contributed by atoms with Crippen molar-refractivity contribution in [2.24, 2.45) is 0 Å². The van der Waals surface area contributed by atoms with Gasteiger partial charge in [-0.25, -0.2) is 0 Å². The Balaban J connectivity index is 2.64. The minimum absolute atomic E-state index is 0.202. The molecule has 0 N–H and O–H groups in total. The fraction of sp³-hybridized carbons (Fsp3) is 0.300. The molecule has 2 nitrogen and oxygen atoms in total. The molecule has 0 aromatic heterocycles. The molecule has 0 radical (unpaired) electrons. The van der Waals surface area contributed by atoms with Gasteiger partial charge in [0.05, 0.1) is 0 Å². The zero-order chi connectivity index (χ0) is 9.68. The van der Waals surface area contributed by atoms with Gasteiger partial charge >= 0.3 is 5.97 Å². The summed E-state index contributed by atoms with van der Waals surface area (Å²) in [5.41, 5.74) is 1.16. The van der Waals surface area contributed by atoms with E-state index in [0.29, 0.717) is 12.2 Å². The molecule has 0 aliphatic heterocycles. The lowest BCUT2D eigenvalue weighted by atomic mass is 10.2. The molecule has 0 fully saturated rings. The monoisotopic (exact) mass is 242 g/mol. The number of carbonyl (C=O) groups excluding carboxylic acids is 1. The first-order valence-electron chi connectivity index (χ1n) is 4.12. The molecule has 3 heteroatoms. The van der Waals surface area contributed by atoms with E-state index in [0.717, 1.165) is 10.9 Å². The van der Waals surface area contributed by atoms with Gasteiger partial charge < -0.3 is 4.74 Å².